The normalized spacial score (nSPS) is 18.8. The fourth-order valence-electron chi connectivity index (χ4n) is 2.91. The van der Waals surface area contributed by atoms with E-state index < -0.39 is 0 Å². The molecule has 1 fully saturated rings. The van der Waals surface area contributed by atoms with Gasteiger partial charge in [0.25, 0.3) is 0 Å². The van der Waals surface area contributed by atoms with Gasteiger partial charge in [-0.3, -0.25) is 0 Å². The fourth-order valence-corrected chi connectivity index (χ4v) is 2.91. The van der Waals surface area contributed by atoms with Crippen LogP contribution in [0.5, 0.6) is 0 Å². The van der Waals surface area contributed by atoms with Crippen LogP contribution < -0.4 is 5.73 Å². The van der Waals surface area contributed by atoms with E-state index in [1.165, 1.54) is 37.7 Å². The maximum Gasteiger partial charge on any atom is 0.0818 e. The molecule has 1 unspecified atom stereocenters. The lowest BCUT2D eigenvalue weighted by Gasteiger charge is -2.26. The van der Waals surface area contributed by atoms with Crippen LogP contribution in [0.15, 0.2) is 24.3 Å². The summed E-state index contributed by atoms with van der Waals surface area (Å²) < 4.78 is 0. The molecule has 1 aliphatic rings. The Morgan fingerprint density at radius 2 is 1.78 bits per heavy atom. The third kappa shape index (κ3) is 3.56. The number of hydrogen-bond acceptors (Lipinski definition) is 2. The lowest BCUT2D eigenvalue weighted by Crippen LogP contribution is -2.15. The third-order valence-electron chi connectivity index (χ3n) is 4.09. The Bertz CT molecular complexity index is 341. The highest BCUT2D eigenvalue weighted by Gasteiger charge is 2.22. The summed E-state index contributed by atoms with van der Waals surface area (Å²) in [5, 5.41) is 10.4. The second kappa shape index (κ2) is 6.91. The molecule has 0 aliphatic heterocycles. The van der Waals surface area contributed by atoms with Gasteiger partial charge < -0.3 is 10.8 Å². The summed E-state index contributed by atoms with van der Waals surface area (Å²) >= 11 is 0. The molecular formula is C16H25NO. The van der Waals surface area contributed by atoms with Gasteiger partial charge in [0.15, 0.2) is 0 Å². The topological polar surface area (TPSA) is 46.2 Å². The standard InChI is InChI=1S/C16H25NO/c17-12-4-5-13-8-10-15(11-9-13)16(18)14-6-2-1-3-7-14/h8-11,14,16,18H,1-7,12,17H2. The average Bonchev–Trinajstić information content (AvgIpc) is 2.46. The van der Waals surface area contributed by atoms with Crippen molar-refractivity contribution in [3.63, 3.8) is 0 Å². The Balaban J connectivity index is 1.95. The molecule has 0 spiro atoms. The summed E-state index contributed by atoms with van der Waals surface area (Å²) in [5.74, 6) is 0.466. The molecule has 2 rings (SSSR count). The highest BCUT2D eigenvalue weighted by atomic mass is 16.3. The molecule has 1 aromatic carbocycles. The predicted molar refractivity (Wildman–Crippen MR) is 75.4 cm³/mol. The smallest absolute Gasteiger partial charge is 0.0818 e. The van der Waals surface area contributed by atoms with Crippen LogP contribution in [0, 0.1) is 5.92 Å². The summed E-state index contributed by atoms with van der Waals surface area (Å²) in [6, 6.07) is 8.45. The van der Waals surface area contributed by atoms with E-state index in [-0.39, 0.29) is 6.10 Å². The summed E-state index contributed by atoms with van der Waals surface area (Å²) in [4.78, 5) is 0. The number of rotatable bonds is 5. The lowest BCUT2D eigenvalue weighted by molar-refractivity contribution is 0.0848. The Morgan fingerprint density at radius 3 is 2.39 bits per heavy atom. The predicted octanol–water partition coefficient (Wildman–Crippen LogP) is 3.19. The molecule has 100 valence electrons. The van der Waals surface area contributed by atoms with Gasteiger partial charge in [-0.1, -0.05) is 43.5 Å². The quantitative estimate of drug-likeness (QED) is 0.839. The Kier molecular flexibility index (Phi) is 5.21. The van der Waals surface area contributed by atoms with Gasteiger partial charge in [-0.15, -0.1) is 0 Å². The molecule has 0 bridgehead atoms. The van der Waals surface area contributed by atoms with Crippen LogP contribution in [0.1, 0.15) is 55.8 Å². The molecule has 0 heterocycles. The molecule has 1 aliphatic carbocycles. The first-order chi connectivity index (χ1) is 8.81. The molecule has 3 N–H and O–H groups in total. The minimum absolute atomic E-state index is 0.270. The van der Waals surface area contributed by atoms with Crippen LogP contribution in [0.2, 0.25) is 0 Å². The van der Waals surface area contributed by atoms with Crippen molar-refractivity contribution in [1.29, 1.82) is 0 Å². The van der Waals surface area contributed by atoms with Crippen LogP contribution in [-0.4, -0.2) is 11.7 Å². The van der Waals surface area contributed by atoms with Gasteiger partial charge in [0.05, 0.1) is 6.10 Å². The summed E-state index contributed by atoms with van der Waals surface area (Å²) in [6.07, 6.45) is 8.04. The molecule has 1 saturated carbocycles. The van der Waals surface area contributed by atoms with Crippen molar-refractivity contribution in [3.05, 3.63) is 35.4 Å². The van der Waals surface area contributed by atoms with Gasteiger partial charge in [-0.2, -0.15) is 0 Å². The lowest BCUT2D eigenvalue weighted by atomic mass is 9.82. The monoisotopic (exact) mass is 247 g/mol. The van der Waals surface area contributed by atoms with Crippen molar-refractivity contribution < 1.29 is 5.11 Å². The van der Waals surface area contributed by atoms with Crippen molar-refractivity contribution in [2.45, 2.75) is 51.0 Å². The largest absolute Gasteiger partial charge is 0.388 e. The van der Waals surface area contributed by atoms with E-state index in [9.17, 15) is 5.11 Å². The van der Waals surface area contributed by atoms with Crippen LogP contribution >= 0.6 is 0 Å². The molecule has 0 aromatic heterocycles. The molecule has 1 atom stereocenters. The Morgan fingerprint density at radius 1 is 1.11 bits per heavy atom. The first-order valence-corrected chi connectivity index (χ1v) is 7.28. The number of nitrogens with two attached hydrogens (primary N) is 1. The summed E-state index contributed by atoms with van der Waals surface area (Å²) in [7, 11) is 0. The highest BCUT2D eigenvalue weighted by molar-refractivity contribution is 5.24. The van der Waals surface area contributed by atoms with E-state index in [1.54, 1.807) is 0 Å². The maximum atomic E-state index is 10.4. The molecule has 2 nitrogen and oxygen atoms in total. The van der Waals surface area contributed by atoms with E-state index in [4.69, 9.17) is 5.73 Å². The van der Waals surface area contributed by atoms with E-state index in [0.717, 1.165) is 24.9 Å². The zero-order valence-corrected chi connectivity index (χ0v) is 11.1. The van der Waals surface area contributed by atoms with Crippen molar-refractivity contribution >= 4 is 0 Å². The molecular weight excluding hydrogens is 222 g/mol. The van der Waals surface area contributed by atoms with Crippen LogP contribution in [-0.2, 0) is 6.42 Å². The Labute approximate surface area is 110 Å². The number of aliphatic hydroxyl groups is 1. The zero-order chi connectivity index (χ0) is 12.8. The number of aliphatic hydroxyl groups excluding tert-OH is 1. The van der Waals surface area contributed by atoms with E-state index in [0.29, 0.717) is 5.92 Å². The first-order valence-electron chi connectivity index (χ1n) is 7.28. The zero-order valence-electron chi connectivity index (χ0n) is 11.1. The number of hydrogen-bond donors (Lipinski definition) is 2. The first kappa shape index (κ1) is 13.6. The third-order valence-corrected chi connectivity index (χ3v) is 4.09. The van der Waals surface area contributed by atoms with Gasteiger partial charge in [0.1, 0.15) is 0 Å². The second-order valence-corrected chi connectivity index (χ2v) is 5.48. The van der Waals surface area contributed by atoms with E-state index in [2.05, 4.69) is 24.3 Å². The Hall–Kier alpha value is -0.860. The van der Waals surface area contributed by atoms with Crippen molar-refractivity contribution in [1.82, 2.24) is 0 Å². The van der Waals surface area contributed by atoms with Gasteiger partial charge >= 0.3 is 0 Å². The van der Waals surface area contributed by atoms with E-state index in [1.807, 2.05) is 0 Å². The molecule has 2 heteroatoms. The van der Waals surface area contributed by atoms with E-state index >= 15 is 0 Å². The number of benzene rings is 1. The van der Waals surface area contributed by atoms with Gasteiger partial charge in [-0.25, -0.2) is 0 Å². The molecule has 1 aromatic rings. The van der Waals surface area contributed by atoms with Gasteiger partial charge in [0, 0.05) is 0 Å². The van der Waals surface area contributed by atoms with Crippen molar-refractivity contribution in [2.24, 2.45) is 11.7 Å². The fraction of sp³-hybridized carbons (Fsp3) is 0.625. The molecule has 0 amide bonds. The minimum atomic E-state index is -0.270. The average molecular weight is 247 g/mol. The highest BCUT2D eigenvalue weighted by Crippen LogP contribution is 2.34. The number of aryl methyl sites for hydroxylation is 1. The van der Waals surface area contributed by atoms with Crippen molar-refractivity contribution in [2.75, 3.05) is 6.54 Å². The van der Waals surface area contributed by atoms with Crippen LogP contribution in [0.3, 0.4) is 0 Å². The maximum absolute atomic E-state index is 10.4. The van der Waals surface area contributed by atoms with Crippen molar-refractivity contribution in [3.8, 4) is 0 Å². The summed E-state index contributed by atoms with van der Waals surface area (Å²) in [5.41, 5.74) is 7.91. The molecule has 0 radical (unpaired) electrons. The van der Waals surface area contributed by atoms with Crippen LogP contribution in [0.25, 0.3) is 0 Å². The second-order valence-electron chi connectivity index (χ2n) is 5.48. The van der Waals surface area contributed by atoms with Crippen LogP contribution in [0.4, 0.5) is 0 Å². The molecule has 18 heavy (non-hydrogen) atoms. The SMILES string of the molecule is NCCCc1ccc(C(O)C2CCCCC2)cc1. The molecule has 0 saturated heterocycles. The van der Waals surface area contributed by atoms with Gasteiger partial charge in [0.2, 0.25) is 0 Å². The van der Waals surface area contributed by atoms with Gasteiger partial charge in [-0.05, 0) is 49.3 Å². The minimum Gasteiger partial charge on any atom is -0.388 e. The summed E-state index contributed by atoms with van der Waals surface area (Å²) in [6.45, 7) is 0.743.